The number of allylic oxidation sites excluding steroid dienone is 1. The van der Waals surface area contributed by atoms with Crippen molar-refractivity contribution in [2.24, 2.45) is 5.73 Å². The van der Waals surface area contributed by atoms with E-state index in [2.05, 4.69) is 6.08 Å². The summed E-state index contributed by atoms with van der Waals surface area (Å²) in [7, 11) is 0. The van der Waals surface area contributed by atoms with E-state index in [-0.39, 0.29) is 11.9 Å². The van der Waals surface area contributed by atoms with Gasteiger partial charge in [0.15, 0.2) is 0 Å². The smallest absolute Gasteiger partial charge is 0.131 e. The standard InChI is InChI=1S/C16H22FN/c1-12-8-7-11-14(15(12)17)16(18)13-9-5-3-2-4-6-10-13/h7-9,11,16H,2-6,10,18H2,1H3/b13-9+. The van der Waals surface area contributed by atoms with Gasteiger partial charge in [-0.25, -0.2) is 4.39 Å². The Labute approximate surface area is 109 Å². The third kappa shape index (κ3) is 2.99. The molecule has 2 rings (SSSR count). The summed E-state index contributed by atoms with van der Waals surface area (Å²) in [6, 6.07) is 5.21. The summed E-state index contributed by atoms with van der Waals surface area (Å²) in [5.74, 6) is -0.145. The van der Waals surface area contributed by atoms with E-state index < -0.39 is 0 Å². The number of nitrogens with two attached hydrogens (primary N) is 1. The van der Waals surface area contributed by atoms with Crippen LogP contribution < -0.4 is 5.73 Å². The highest BCUT2D eigenvalue weighted by molar-refractivity contribution is 5.33. The van der Waals surface area contributed by atoms with Gasteiger partial charge in [-0.1, -0.05) is 42.7 Å². The Morgan fingerprint density at radius 3 is 2.78 bits per heavy atom. The zero-order valence-electron chi connectivity index (χ0n) is 11.1. The average Bonchev–Trinajstić information content (AvgIpc) is 2.31. The van der Waals surface area contributed by atoms with Crippen molar-refractivity contribution in [3.63, 3.8) is 0 Å². The molecule has 0 saturated heterocycles. The van der Waals surface area contributed by atoms with Crippen molar-refractivity contribution in [2.45, 2.75) is 51.5 Å². The van der Waals surface area contributed by atoms with Crippen molar-refractivity contribution in [1.82, 2.24) is 0 Å². The molecule has 0 heterocycles. The van der Waals surface area contributed by atoms with Crippen molar-refractivity contribution in [1.29, 1.82) is 0 Å². The molecule has 1 aliphatic carbocycles. The summed E-state index contributed by atoms with van der Waals surface area (Å²) in [5, 5.41) is 0. The minimum atomic E-state index is -0.275. The lowest BCUT2D eigenvalue weighted by molar-refractivity contribution is 0.569. The topological polar surface area (TPSA) is 26.0 Å². The van der Waals surface area contributed by atoms with Gasteiger partial charge in [-0.3, -0.25) is 0 Å². The van der Waals surface area contributed by atoms with Crippen molar-refractivity contribution < 1.29 is 4.39 Å². The molecule has 0 amide bonds. The Morgan fingerprint density at radius 1 is 1.17 bits per heavy atom. The monoisotopic (exact) mass is 247 g/mol. The van der Waals surface area contributed by atoms with Gasteiger partial charge in [-0.15, -0.1) is 0 Å². The minimum Gasteiger partial charge on any atom is -0.320 e. The molecule has 0 aliphatic heterocycles. The molecule has 0 radical (unpaired) electrons. The molecule has 0 fully saturated rings. The lowest BCUT2D eigenvalue weighted by atomic mass is 9.90. The van der Waals surface area contributed by atoms with E-state index in [0.29, 0.717) is 11.1 Å². The van der Waals surface area contributed by atoms with Crippen LogP contribution in [-0.2, 0) is 0 Å². The Balaban J connectivity index is 2.23. The van der Waals surface area contributed by atoms with Crippen LogP contribution in [0.5, 0.6) is 0 Å². The van der Waals surface area contributed by atoms with Crippen LogP contribution in [0.4, 0.5) is 4.39 Å². The van der Waals surface area contributed by atoms with Gasteiger partial charge in [0.1, 0.15) is 5.82 Å². The van der Waals surface area contributed by atoms with Crippen molar-refractivity contribution >= 4 is 0 Å². The number of hydrogen-bond donors (Lipinski definition) is 1. The molecular weight excluding hydrogens is 225 g/mol. The van der Waals surface area contributed by atoms with Crippen LogP contribution in [0.25, 0.3) is 0 Å². The predicted octanol–water partition coefficient (Wildman–Crippen LogP) is 4.41. The molecule has 1 aliphatic rings. The maximum absolute atomic E-state index is 14.1. The summed E-state index contributed by atoms with van der Waals surface area (Å²) in [6.07, 6.45) is 9.29. The van der Waals surface area contributed by atoms with Crippen LogP contribution in [0, 0.1) is 12.7 Å². The SMILES string of the molecule is Cc1cccc(C(N)/C2=C/CCCCCC2)c1F. The molecule has 0 spiro atoms. The van der Waals surface area contributed by atoms with Crippen LogP contribution in [0.15, 0.2) is 29.8 Å². The van der Waals surface area contributed by atoms with Gasteiger partial charge >= 0.3 is 0 Å². The van der Waals surface area contributed by atoms with Gasteiger partial charge in [0.25, 0.3) is 0 Å². The number of halogens is 1. The molecule has 18 heavy (non-hydrogen) atoms. The number of rotatable bonds is 2. The first-order valence-electron chi connectivity index (χ1n) is 6.89. The summed E-state index contributed by atoms with van der Waals surface area (Å²) < 4.78 is 14.1. The van der Waals surface area contributed by atoms with Crippen LogP contribution in [0.1, 0.15) is 55.7 Å². The fourth-order valence-corrected chi connectivity index (χ4v) is 2.61. The van der Waals surface area contributed by atoms with Gasteiger partial charge < -0.3 is 5.73 Å². The third-order valence-electron chi connectivity index (χ3n) is 3.78. The fourth-order valence-electron chi connectivity index (χ4n) is 2.61. The Hall–Kier alpha value is -1.15. The molecule has 2 N–H and O–H groups in total. The van der Waals surface area contributed by atoms with E-state index in [9.17, 15) is 4.39 Å². The second kappa shape index (κ2) is 6.14. The Bertz CT molecular complexity index is 437. The van der Waals surface area contributed by atoms with Gasteiger partial charge in [-0.2, -0.15) is 0 Å². The first-order chi connectivity index (χ1) is 8.70. The van der Waals surface area contributed by atoms with E-state index in [4.69, 9.17) is 5.73 Å². The molecule has 2 heteroatoms. The van der Waals surface area contributed by atoms with E-state index in [1.54, 1.807) is 13.0 Å². The van der Waals surface area contributed by atoms with Crippen LogP contribution in [0.3, 0.4) is 0 Å². The summed E-state index contributed by atoms with van der Waals surface area (Å²) >= 11 is 0. The van der Waals surface area contributed by atoms with Crippen LogP contribution >= 0.6 is 0 Å². The Kier molecular flexibility index (Phi) is 4.54. The highest BCUT2D eigenvalue weighted by Crippen LogP contribution is 2.29. The molecule has 0 saturated carbocycles. The molecule has 1 unspecified atom stereocenters. The molecule has 0 aromatic heterocycles. The van der Waals surface area contributed by atoms with Crippen LogP contribution in [-0.4, -0.2) is 0 Å². The van der Waals surface area contributed by atoms with Gasteiger partial charge in [0, 0.05) is 5.56 Å². The highest BCUT2D eigenvalue weighted by Gasteiger charge is 2.17. The summed E-state index contributed by atoms with van der Waals surface area (Å²) in [6.45, 7) is 1.79. The molecule has 1 aromatic carbocycles. The van der Waals surface area contributed by atoms with E-state index in [1.165, 1.54) is 31.3 Å². The third-order valence-corrected chi connectivity index (χ3v) is 3.78. The van der Waals surface area contributed by atoms with Gasteiger partial charge in [-0.05, 0) is 38.2 Å². The molecule has 1 nitrogen and oxygen atoms in total. The largest absolute Gasteiger partial charge is 0.320 e. The fraction of sp³-hybridized carbons (Fsp3) is 0.500. The quantitative estimate of drug-likeness (QED) is 0.769. The summed E-state index contributed by atoms with van der Waals surface area (Å²) in [5.41, 5.74) is 8.78. The van der Waals surface area contributed by atoms with Crippen molar-refractivity contribution in [3.8, 4) is 0 Å². The number of hydrogen-bond acceptors (Lipinski definition) is 1. The minimum absolute atomic E-state index is 0.145. The number of aryl methyl sites for hydroxylation is 1. The maximum Gasteiger partial charge on any atom is 0.131 e. The second-order valence-electron chi connectivity index (χ2n) is 5.19. The van der Waals surface area contributed by atoms with E-state index in [0.717, 1.165) is 12.8 Å². The van der Waals surface area contributed by atoms with Gasteiger partial charge in [0.2, 0.25) is 0 Å². The molecular formula is C16H22FN. The first kappa shape index (κ1) is 13.3. The second-order valence-corrected chi connectivity index (χ2v) is 5.19. The number of benzene rings is 1. The van der Waals surface area contributed by atoms with E-state index in [1.807, 2.05) is 12.1 Å². The molecule has 0 bridgehead atoms. The molecule has 98 valence electrons. The van der Waals surface area contributed by atoms with Crippen molar-refractivity contribution in [3.05, 3.63) is 46.8 Å². The zero-order valence-corrected chi connectivity index (χ0v) is 11.1. The molecule has 1 aromatic rings. The van der Waals surface area contributed by atoms with Gasteiger partial charge in [0.05, 0.1) is 6.04 Å². The summed E-state index contributed by atoms with van der Waals surface area (Å²) in [4.78, 5) is 0. The van der Waals surface area contributed by atoms with E-state index >= 15 is 0 Å². The highest BCUT2D eigenvalue weighted by atomic mass is 19.1. The van der Waals surface area contributed by atoms with Crippen molar-refractivity contribution in [2.75, 3.05) is 0 Å². The lowest BCUT2D eigenvalue weighted by Gasteiger charge is -2.20. The first-order valence-corrected chi connectivity index (χ1v) is 6.89. The Morgan fingerprint density at radius 2 is 1.94 bits per heavy atom. The average molecular weight is 247 g/mol. The zero-order chi connectivity index (χ0) is 13.0. The lowest BCUT2D eigenvalue weighted by Crippen LogP contribution is -2.16. The van der Waals surface area contributed by atoms with Crippen LogP contribution in [0.2, 0.25) is 0 Å². The normalized spacial score (nSPS) is 21.6. The maximum atomic E-state index is 14.1. The molecule has 1 atom stereocenters. The predicted molar refractivity (Wildman–Crippen MR) is 73.9 cm³/mol.